The Morgan fingerprint density at radius 2 is 1.92 bits per heavy atom. The number of amidine groups is 1. The van der Waals surface area contributed by atoms with E-state index in [1.165, 1.54) is 0 Å². The van der Waals surface area contributed by atoms with Crippen LogP contribution in [0.2, 0.25) is 0 Å². The minimum Gasteiger partial charge on any atom is -0.409 e. The van der Waals surface area contributed by atoms with E-state index in [0.29, 0.717) is 13.1 Å². The van der Waals surface area contributed by atoms with Gasteiger partial charge in [0.25, 0.3) is 0 Å². The molecule has 0 bridgehead atoms. The minimum atomic E-state index is -0.742. The standard InChI is InChI=1S/C7H15N3O3/c1-4(7(8)9-13)10-2-5(11)6(12)3-10/h4-6,11-13H,2-3H2,1H3,(H2,8,9). The number of aliphatic hydroxyl groups excluding tert-OH is 2. The van der Waals surface area contributed by atoms with Crippen molar-refractivity contribution in [1.29, 1.82) is 0 Å². The number of likely N-dealkylation sites (tertiary alicyclic amines) is 1. The summed E-state index contributed by atoms with van der Waals surface area (Å²) in [6, 6.07) is -0.267. The van der Waals surface area contributed by atoms with Crippen LogP contribution in [0.1, 0.15) is 6.92 Å². The number of aliphatic hydroxyl groups is 2. The Balaban J connectivity index is 2.55. The number of nitrogens with two attached hydrogens (primary N) is 1. The topological polar surface area (TPSA) is 102 Å². The van der Waals surface area contributed by atoms with Gasteiger partial charge in [-0.25, -0.2) is 0 Å². The van der Waals surface area contributed by atoms with E-state index in [2.05, 4.69) is 5.16 Å². The Morgan fingerprint density at radius 1 is 1.46 bits per heavy atom. The lowest BCUT2D eigenvalue weighted by atomic mass is 10.3. The Morgan fingerprint density at radius 3 is 2.31 bits per heavy atom. The number of hydrogen-bond donors (Lipinski definition) is 4. The van der Waals surface area contributed by atoms with E-state index in [0.717, 1.165) is 0 Å². The second-order valence-electron chi connectivity index (χ2n) is 3.29. The summed E-state index contributed by atoms with van der Waals surface area (Å²) in [5, 5.41) is 29.8. The summed E-state index contributed by atoms with van der Waals surface area (Å²) in [6.45, 7) is 2.44. The molecule has 6 heteroatoms. The molecule has 1 rings (SSSR count). The monoisotopic (exact) mass is 189 g/mol. The third kappa shape index (κ3) is 2.09. The molecule has 1 heterocycles. The molecular weight excluding hydrogens is 174 g/mol. The average Bonchev–Trinajstić information content (AvgIpc) is 2.44. The van der Waals surface area contributed by atoms with Gasteiger partial charge in [0.05, 0.1) is 18.2 Å². The molecule has 6 nitrogen and oxygen atoms in total. The van der Waals surface area contributed by atoms with Gasteiger partial charge in [0, 0.05) is 13.1 Å². The van der Waals surface area contributed by atoms with E-state index in [-0.39, 0.29) is 11.9 Å². The van der Waals surface area contributed by atoms with Gasteiger partial charge in [-0.1, -0.05) is 5.16 Å². The summed E-state index contributed by atoms with van der Waals surface area (Å²) in [5.41, 5.74) is 5.38. The normalized spacial score (nSPS) is 33.6. The molecule has 0 aromatic rings. The smallest absolute Gasteiger partial charge is 0.156 e. The van der Waals surface area contributed by atoms with Crippen LogP contribution in [0.15, 0.2) is 5.16 Å². The van der Waals surface area contributed by atoms with Gasteiger partial charge in [0.15, 0.2) is 5.84 Å². The van der Waals surface area contributed by atoms with Gasteiger partial charge in [-0.2, -0.15) is 0 Å². The molecule has 0 aromatic heterocycles. The predicted molar refractivity (Wildman–Crippen MR) is 46.5 cm³/mol. The molecular formula is C7H15N3O3. The third-order valence-corrected chi connectivity index (χ3v) is 2.38. The molecule has 0 radical (unpaired) electrons. The first-order valence-corrected chi connectivity index (χ1v) is 4.14. The average molecular weight is 189 g/mol. The predicted octanol–water partition coefficient (Wildman–Crippen LogP) is -1.84. The molecule has 0 amide bonds. The lowest BCUT2D eigenvalue weighted by Gasteiger charge is -2.21. The second kappa shape index (κ2) is 3.91. The first kappa shape index (κ1) is 10.2. The minimum absolute atomic E-state index is 0.0845. The zero-order valence-corrected chi connectivity index (χ0v) is 7.46. The summed E-state index contributed by atoms with van der Waals surface area (Å²) >= 11 is 0. The van der Waals surface area contributed by atoms with Gasteiger partial charge in [-0.05, 0) is 6.92 Å². The van der Waals surface area contributed by atoms with Crippen molar-refractivity contribution < 1.29 is 15.4 Å². The van der Waals surface area contributed by atoms with Crippen LogP contribution in [-0.4, -0.2) is 57.5 Å². The van der Waals surface area contributed by atoms with Gasteiger partial charge >= 0.3 is 0 Å². The van der Waals surface area contributed by atoms with Gasteiger partial charge in [0.2, 0.25) is 0 Å². The molecule has 5 N–H and O–H groups in total. The van der Waals surface area contributed by atoms with E-state index < -0.39 is 12.2 Å². The molecule has 0 spiro atoms. The van der Waals surface area contributed by atoms with Crippen LogP contribution >= 0.6 is 0 Å². The highest BCUT2D eigenvalue weighted by Crippen LogP contribution is 2.13. The van der Waals surface area contributed by atoms with Gasteiger partial charge in [-0.3, -0.25) is 4.90 Å². The zero-order chi connectivity index (χ0) is 10.0. The number of oxime groups is 1. The Kier molecular flexibility index (Phi) is 3.07. The maximum Gasteiger partial charge on any atom is 0.156 e. The fourth-order valence-electron chi connectivity index (χ4n) is 1.39. The van der Waals surface area contributed by atoms with Crippen LogP contribution in [0.5, 0.6) is 0 Å². The highest BCUT2D eigenvalue weighted by molar-refractivity contribution is 5.84. The highest BCUT2D eigenvalue weighted by atomic mass is 16.4. The molecule has 3 atom stereocenters. The van der Waals surface area contributed by atoms with E-state index in [9.17, 15) is 10.2 Å². The van der Waals surface area contributed by atoms with E-state index in [1.54, 1.807) is 11.8 Å². The van der Waals surface area contributed by atoms with Crippen LogP contribution in [0.4, 0.5) is 0 Å². The van der Waals surface area contributed by atoms with E-state index >= 15 is 0 Å². The fraction of sp³-hybridized carbons (Fsp3) is 0.857. The van der Waals surface area contributed by atoms with Crippen molar-refractivity contribution in [3.05, 3.63) is 0 Å². The lowest BCUT2D eigenvalue weighted by Crippen LogP contribution is -2.42. The fourth-order valence-corrected chi connectivity index (χ4v) is 1.39. The van der Waals surface area contributed by atoms with Crippen molar-refractivity contribution in [2.45, 2.75) is 25.2 Å². The van der Waals surface area contributed by atoms with Crippen molar-refractivity contribution in [2.75, 3.05) is 13.1 Å². The molecule has 76 valence electrons. The molecule has 13 heavy (non-hydrogen) atoms. The summed E-state index contributed by atoms with van der Waals surface area (Å²) < 4.78 is 0. The second-order valence-corrected chi connectivity index (χ2v) is 3.29. The number of hydrogen-bond acceptors (Lipinski definition) is 5. The van der Waals surface area contributed by atoms with Crippen molar-refractivity contribution in [1.82, 2.24) is 4.90 Å². The van der Waals surface area contributed by atoms with Crippen LogP contribution in [-0.2, 0) is 0 Å². The summed E-state index contributed by atoms with van der Waals surface area (Å²) in [6.07, 6.45) is -1.48. The first-order valence-electron chi connectivity index (χ1n) is 4.14. The molecule has 1 fully saturated rings. The van der Waals surface area contributed by atoms with Crippen LogP contribution in [0, 0.1) is 0 Å². The Labute approximate surface area is 76.3 Å². The summed E-state index contributed by atoms with van der Waals surface area (Å²) in [4.78, 5) is 1.75. The lowest BCUT2D eigenvalue weighted by molar-refractivity contribution is 0.0572. The van der Waals surface area contributed by atoms with E-state index in [4.69, 9.17) is 10.9 Å². The van der Waals surface area contributed by atoms with Crippen LogP contribution in [0.25, 0.3) is 0 Å². The van der Waals surface area contributed by atoms with Crippen LogP contribution < -0.4 is 5.73 Å². The highest BCUT2D eigenvalue weighted by Gasteiger charge is 2.33. The Hall–Kier alpha value is -0.850. The van der Waals surface area contributed by atoms with Gasteiger partial charge in [0.1, 0.15) is 0 Å². The van der Waals surface area contributed by atoms with Gasteiger partial charge in [-0.15, -0.1) is 0 Å². The number of nitrogens with zero attached hydrogens (tertiary/aromatic N) is 2. The Bertz CT molecular complexity index is 199. The van der Waals surface area contributed by atoms with Crippen molar-refractivity contribution >= 4 is 5.84 Å². The third-order valence-electron chi connectivity index (χ3n) is 2.38. The molecule has 0 aromatic carbocycles. The molecule has 1 aliphatic heterocycles. The SMILES string of the molecule is CC(C(N)=NO)N1CC(O)C(O)C1. The maximum absolute atomic E-state index is 9.24. The molecule has 0 saturated carbocycles. The van der Waals surface area contributed by atoms with Crippen molar-refractivity contribution in [3.63, 3.8) is 0 Å². The van der Waals surface area contributed by atoms with Crippen LogP contribution in [0.3, 0.4) is 0 Å². The molecule has 1 saturated heterocycles. The van der Waals surface area contributed by atoms with Crippen molar-refractivity contribution in [2.24, 2.45) is 10.9 Å². The molecule has 3 unspecified atom stereocenters. The summed E-state index contributed by atoms with van der Waals surface area (Å²) in [5.74, 6) is 0.0845. The zero-order valence-electron chi connectivity index (χ0n) is 7.46. The largest absolute Gasteiger partial charge is 0.409 e. The number of β-amino-alcohol motifs (C(OH)–C–C–N with tert-alkyl or cyclic N) is 2. The maximum atomic E-state index is 9.24. The number of rotatable bonds is 2. The quantitative estimate of drug-likeness (QED) is 0.177. The first-order chi connectivity index (χ1) is 6.06. The molecule has 1 aliphatic rings. The van der Waals surface area contributed by atoms with E-state index in [1.807, 2.05) is 0 Å². The summed E-state index contributed by atoms with van der Waals surface area (Å²) in [7, 11) is 0. The molecule has 0 aliphatic carbocycles. The van der Waals surface area contributed by atoms with Gasteiger partial charge < -0.3 is 21.2 Å². The van der Waals surface area contributed by atoms with Crippen molar-refractivity contribution in [3.8, 4) is 0 Å².